The molecule has 19 heavy (non-hydrogen) atoms. The van der Waals surface area contributed by atoms with Crippen molar-refractivity contribution in [3.05, 3.63) is 12.7 Å². The molecule has 1 amide bonds. The number of carboxylic acid groups (broad SMARTS) is 1. The monoisotopic (exact) mass is 285 g/mol. The Balaban J connectivity index is 2.35. The minimum absolute atomic E-state index is 0.120. The van der Waals surface area contributed by atoms with Gasteiger partial charge in [-0.1, -0.05) is 25.3 Å². The van der Waals surface area contributed by atoms with Crippen LogP contribution in [-0.4, -0.2) is 35.0 Å². The molecule has 2 N–H and O–H groups in total. The van der Waals surface area contributed by atoms with Crippen LogP contribution in [0.15, 0.2) is 12.7 Å². The number of nitrogens with one attached hydrogen (secondary N) is 1. The van der Waals surface area contributed by atoms with E-state index in [0.717, 1.165) is 30.8 Å². The lowest BCUT2D eigenvalue weighted by atomic mass is 9.71. The average Bonchev–Trinajstić information content (AvgIpc) is 2.39. The van der Waals surface area contributed by atoms with Crippen LogP contribution < -0.4 is 5.32 Å². The lowest BCUT2D eigenvalue weighted by Crippen LogP contribution is -2.39. The summed E-state index contributed by atoms with van der Waals surface area (Å²) in [6.45, 7) is 4.22. The maximum absolute atomic E-state index is 11.8. The molecule has 4 nitrogen and oxygen atoms in total. The first kappa shape index (κ1) is 16.1. The number of carbonyl (C=O) groups excluding carboxylic acids is 1. The summed E-state index contributed by atoms with van der Waals surface area (Å²) in [7, 11) is 0. The zero-order valence-electron chi connectivity index (χ0n) is 11.3. The SMILES string of the molecule is C=CCSCCNC(=O)CC1(C(=O)O)CCCCC1. The molecule has 1 rings (SSSR count). The summed E-state index contributed by atoms with van der Waals surface area (Å²) >= 11 is 1.70. The van der Waals surface area contributed by atoms with Crippen molar-refractivity contribution in [3.8, 4) is 0 Å². The van der Waals surface area contributed by atoms with Crippen molar-refractivity contribution in [2.45, 2.75) is 38.5 Å². The van der Waals surface area contributed by atoms with E-state index in [2.05, 4.69) is 11.9 Å². The van der Waals surface area contributed by atoms with Crippen LogP contribution in [0.25, 0.3) is 0 Å². The number of carboxylic acids is 1. The Kier molecular flexibility index (Phi) is 6.99. The van der Waals surface area contributed by atoms with E-state index >= 15 is 0 Å². The van der Waals surface area contributed by atoms with E-state index < -0.39 is 11.4 Å². The largest absolute Gasteiger partial charge is 0.481 e. The zero-order chi connectivity index (χ0) is 14.1. The van der Waals surface area contributed by atoms with E-state index in [1.807, 2.05) is 6.08 Å². The van der Waals surface area contributed by atoms with E-state index in [1.165, 1.54) is 0 Å². The minimum Gasteiger partial charge on any atom is -0.481 e. The Morgan fingerprint density at radius 2 is 2.00 bits per heavy atom. The summed E-state index contributed by atoms with van der Waals surface area (Å²) in [5.41, 5.74) is -0.823. The molecule has 0 aliphatic heterocycles. The number of amides is 1. The normalized spacial score (nSPS) is 17.7. The van der Waals surface area contributed by atoms with Gasteiger partial charge in [-0.3, -0.25) is 9.59 Å². The fraction of sp³-hybridized carbons (Fsp3) is 0.714. The third kappa shape index (κ3) is 5.27. The molecular weight excluding hydrogens is 262 g/mol. The highest BCUT2D eigenvalue weighted by atomic mass is 32.2. The zero-order valence-corrected chi connectivity index (χ0v) is 12.1. The molecule has 0 aromatic rings. The van der Waals surface area contributed by atoms with E-state index in [1.54, 1.807) is 11.8 Å². The first-order chi connectivity index (χ1) is 9.10. The molecule has 0 unspecified atom stereocenters. The summed E-state index contributed by atoms with van der Waals surface area (Å²) < 4.78 is 0. The highest BCUT2D eigenvalue weighted by Crippen LogP contribution is 2.39. The predicted octanol–water partition coefficient (Wildman–Crippen LogP) is 2.45. The molecule has 0 saturated heterocycles. The number of carbonyl (C=O) groups is 2. The maximum atomic E-state index is 11.8. The van der Waals surface area contributed by atoms with Crippen molar-refractivity contribution < 1.29 is 14.7 Å². The van der Waals surface area contributed by atoms with E-state index in [0.29, 0.717) is 19.4 Å². The average molecular weight is 285 g/mol. The topological polar surface area (TPSA) is 66.4 Å². The van der Waals surface area contributed by atoms with Gasteiger partial charge in [0.05, 0.1) is 5.41 Å². The van der Waals surface area contributed by atoms with Gasteiger partial charge in [-0.25, -0.2) is 0 Å². The van der Waals surface area contributed by atoms with Gasteiger partial charge in [-0.15, -0.1) is 6.58 Å². The van der Waals surface area contributed by atoms with Crippen LogP contribution in [0, 0.1) is 5.41 Å². The highest BCUT2D eigenvalue weighted by Gasteiger charge is 2.41. The van der Waals surface area contributed by atoms with E-state index in [4.69, 9.17) is 0 Å². The van der Waals surface area contributed by atoms with Gasteiger partial charge in [-0.2, -0.15) is 11.8 Å². The van der Waals surface area contributed by atoms with Crippen LogP contribution in [0.4, 0.5) is 0 Å². The lowest BCUT2D eigenvalue weighted by molar-refractivity contribution is -0.154. The molecule has 0 bridgehead atoms. The summed E-state index contributed by atoms with van der Waals surface area (Å²) in [6, 6.07) is 0. The fourth-order valence-electron chi connectivity index (χ4n) is 2.49. The van der Waals surface area contributed by atoms with Crippen LogP contribution in [-0.2, 0) is 9.59 Å². The number of hydrogen-bond donors (Lipinski definition) is 2. The summed E-state index contributed by atoms with van der Waals surface area (Å²) in [5, 5.41) is 12.2. The predicted molar refractivity (Wildman–Crippen MR) is 78.3 cm³/mol. The van der Waals surface area contributed by atoms with Crippen LogP contribution in [0.1, 0.15) is 38.5 Å². The molecule has 1 saturated carbocycles. The Morgan fingerprint density at radius 1 is 1.32 bits per heavy atom. The van der Waals surface area contributed by atoms with Crippen LogP contribution in [0.2, 0.25) is 0 Å². The van der Waals surface area contributed by atoms with Gasteiger partial charge in [0.15, 0.2) is 0 Å². The van der Waals surface area contributed by atoms with Crippen LogP contribution in [0.3, 0.4) is 0 Å². The quantitative estimate of drug-likeness (QED) is 0.531. The van der Waals surface area contributed by atoms with Gasteiger partial charge in [0.1, 0.15) is 0 Å². The van der Waals surface area contributed by atoms with Gasteiger partial charge in [-0.05, 0) is 12.8 Å². The second-order valence-corrected chi connectivity index (χ2v) is 6.19. The highest BCUT2D eigenvalue weighted by molar-refractivity contribution is 7.99. The molecule has 0 aromatic heterocycles. The van der Waals surface area contributed by atoms with Crippen molar-refractivity contribution in [1.82, 2.24) is 5.32 Å². The Labute approximate surface area is 119 Å². The molecule has 0 atom stereocenters. The third-order valence-corrected chi connectivity index (χ3v) is 4.53. The first-order valence-electron chi connectivity index (χ1n) is 6.79. The number of rotatable bonds is 8. The van der Waals surface area contributed by atoms with E-state index in [-0.39, 0.29) is 12.3 Å². The van der Waals surface area contributed by atoms with Crippen molar-refractivity contribution in [1.29, 1.82) is 0 Å². The summed E-state index contributed by atoms with van der Waals surface area (Å²) in [4.78, 5) is 23.3. The molecule has 0 heterocycles. The first-order valence-corrected chi connectivity index (χ1v) is 7.95. The van der Waals surface area contributed by atoms with Gasteiger partial charge < -0.3 is 10.4 Å². The summed E-state index contributed by atoms with van der Waals surface area (Å²) in [6.07, 6.45) is 6.10. The molecule has 0 radical (unpaired) electrons. The minimum atomic E-state index is -0.823. The molecule has 1 fully saturated rings. The van der Waals surface area contributed by atoms with Crippen LogP contribution in [0.5, 0.6) is 0 Å². The maximum Gasteiger partial charge on any atom is 0.310 e. The third-order valence-electron chi connectivity index (χ3n) is 3.57. The van der Waals surface area contributed by atoms with Crippen LogP contribution >= 0.6 is 11.8 Å². The molecule has 1 aliphatic carbocycles. The Hall–Kier alpha value is -0.970. The number of thioether (sulfide) groups is 1. The number of hydrogen-bond acceptors (Lipinski definition) is 3. The number of aliphatic carboxylic acids is 1. The van der Waals surface area contributed by atoms with Gasteiger partial charge in [0.2, 0.25) is 5.91 Å². The van der Waals surface area contributed by atoms with Crippen molar-refractivity contribution >= 4 is 23.6 Å². The lowest BCUT2D eigenvalue weighted by Gasteiger charge is -2.32. The fourth-order valence-corrected chi connectivity index (χ4v) is 3.07. The van der Waals surface area contributed by atoms with Crippen molar-refractivity contribution in [2.75, 3.05) is 18.1 Å². The molecule has 0 spiro atoms. The molecule has 0 aromatic carbocycles. The van der Waals surface area contributed by atoms with E-state index in [9.17, 15) is 14.7 Å². The second kappa shape index (κ2) is 8.25. The molecular formula is C14H23NO3S. The molecule has 108 valence electrons. The van der Waals surface area contributed by atoms with Gasteiger partial charge in [0.25, 0.3) is 0 Å². The molecule has 1 aliphatic rings. The standard InChI is InChI=1S/C14H23NO3S/c1-2-9-19-10-8-15-12(16)11-14(13(17)18)6-4-3-5-7-14/h2H,1,3-11H2,(H,15,16)(H,17,18). The Morgan fingerprint density at radius 3 is 2.58 bits per heavy atom. The smallest absolute Gasteiger partial charge is 0.310 e. The summed E-state index contributed by atoms with van der Waals surface area (Å²) in [5.74, 6) is 0.749. The molecule has 5 heteroatoms. The van der Waals surface area contributed by atoms with Crippen molar-refractivity contribution in [2.24, 2.45) is 5.41 Å². The van der Waals surface area contributed by atoms with Crippen molar-refractivity contribution in [3.63, 3.8) is 0 Å². The van der Waals surface area contributed by atoms with Gasteiger partial charge in [0, 0.05) is 24.5 Å². The van der Waals surface area contributed by atoms with Gasteiger partial charge >= 0.3 is 5.97 Å². The Bertz CT molecular complexity index is 325. The second-order valence-electron chi connectivity index (χ2n) is 5.04.